The summed E-state index contributed by atoms with van der Waals surface area (Å²) < 4.78 is 97.8. The number of hydrogen-bond donors (Lipinski definition) is 2. The Morgan fingerprint density at radius 3 is 1.29 bits per heavy atom. The maximum Gasteiger partial charge on any atom is 0.416 e. The Balaban J connectivity index is 0.000000137. The Morgan fingerprint density at radius 2 is 0.805 bits per heavy atom. The smallest absolute Gasteiger partial charge is 0.416 e. The molecule has 11 aromatic rings. The Labute approximate surface area is 693 Å². The van der Waals surface area contributed by atoms with Crippen molar-refractivity contribution < 1.29 is 50.8 Å². The Hall–Kier alpha value is -11.1. The summed E-state index contributed by atoms with van der Waals surface area (Å²) in [5.74, 6) is 0.558. The molecule has 0 aliphatic heterocycles. The first-order chi connectivity index (χ1) is 57.0. The van der Waals surface area contributed by atoms with Gasteiger partial charge in [0.15, 0.2) is 0 Å². The molecule has 0 radical (unpaired) electrons. The zero-order valence-corrected chi connectivity index (χ0v) is 69.1. The van der Waals surface area contributed by atoms with Gasteiger partial charge in [-0.2, -0.15) is 13.2 Å². The zero-order valence-electron chi connectivity index (χ0n) is 69.1. The predicted molar refractivity (Wildman–Crippen MR) is 469 cm³/mol. The number of rotatable bonds is 25. The number of halogens is 6. The summed E-state index contributed by atoms with van der Waals surface area (Å²) in [7, 11) is 5.12. The number of aryl methyl sites for hydroxylation is 12. The SMILES string of the molecule is COC1C=C(CO)C=C(CC2=CCc3cc(F)cc(CCc4ccc(C)cc4)c32)C1.COc1cc(CO)cc(CC2=CCc3ccc(OC)c(CCc4ccc(C)cc4)c32)c1.Cc1ccc(CCc2cccc3c2C(Cc2cc(C)cc(C(F)(F)F)c2)=CC3)cc1.Cc1ccc(CCc2cccc3c2C(Cc2cc(F)cc(F)c2)=CC3)cc1. The molecule has 0 amide bonds. The number of fused-ring (bicyclic) bond motifs is 4. The van der Waals surface area contributed by atoms with Gasteiger partial charge in [-0.25, -0.2) is 13.2 Å². The highest BCUT2D eigenvalue weighted by Gasteiger charge is 2.32. The number of aliphatic hydroxyl groups excluding tert-OH is 2. The van der Waals surface area contributed by atoms with E-state index in [1.54, 1.807) is 40.4 Å². The summed E-state index contributed by atoms with van der Waals surface area (Å²) in [6.45, 7) is 10.1. The molecule has 1 unspecified atom stereocenters. The predicted octanol–water partition coefficient (Wildman–Crippen LogP) is 24.5. The summed E-state index contributed by atoms with van der Waals surface area (Å²) >= 11 is 0. The second-order valence-electron chi connectivity index (χ2n) is 32.2. The van der Waals surface area contributed by atoms with Crippen molar-refractivity contribution in [3.63, 3.8) is 0 Å². The first-order valence-corrected chi connectivity index (χ1v) is 41.2. The van der Waals surface area contributed by atoms with Crippen LogP contribution in [0.3, 0.4) is 0 Å². The highest BCUT2D eigenvalue weighted by atomic mass is 19.4. The van der Waals surface area contributed by atoms with Crippen LogP contribution < -0.4 is 9.47 Å². The molecule has 606 valence electrons. The van der Waals surface area contributed by atoms with Crippen LogP contribution in [-0.4, -0.2) is 44.3 Å². The normalized spacial score (nSPS) is 14.2. The number of alkyl halides is 3. The molecule has 2 N–H and O–H groups in total. The largest absolute Gasteiger partial charge is 0.497 e. The van der Waals surface area contributed by atoms with Crippen LogP contribution in [0.5, 0.6) is 11.5 Å². The molecular weight excluding hydrogens is 1480 g/mol. The van der Waals surface area contributed by atoms with Gasteiger partial charge in [-0.05, 0) is 332 Å². The van der Waals surface area contributed by atoms with Crippen LogP contribution >= 0.6 is 0 Å². The van der Waals surface area contributed by atoms with Gasteiger partial charge in [0.25, 0.3) is 0 Å². The molecule has 5 nitrogen and oxygen atoms in total. The van der Waals surface area contributed by atoms with E-state index in [1.165, 1.54) is 147 Å². The first-order valence-electron chi connectivity index (χ1n) is 41.2. The van der Waals surface area contributed by atoms with E-state index in [1.807, 2.05) is 18.2 Å². The van der Waals surface area contributed by atoms with Gasteiger partial charge in [-0.1, -0.05) is 222 Å². The lowest BCUT2D eigenvalue weighted by Crippen LogP contribution is -2.14. The van der Waals surface area contributed by atoms with Crippen molar-refractivity contribution >= 4 is 22.3 Å². The average molecular weight is 1590 g/mol. The maximum atomic E-state index is 14.3. The van der Waals surface area contributed by atoms with Gasteiger partial charge in [0.2, 0.25) is 0 Å². The minimum Gasteiger partial charge on any atom is -0.497 e. The maximum absolute atomic E-state index is 14.3. The van der Waals surface area contributed by atoms with Crippen LogP contribution in [0.15, 0.2) is 260 Å². The van der Waals surface area contributed by atoms with Crippen LogP contribution in [0.25, 0.3) is 22.3 Å². The summed E-state index contributed by atoms with van der Waals surface area (Å²) in [4.78, 5) is 0. The van der Waals surface area contributed by atoms with Crippen LogP contribution in [0.1, 0.15) is 157 Å². The van der Waals surface area contributed by atoms with Gasteiger partial charge in [-0.3, -0.25) is 0 Å². The molecule has 11 aromatic carbocycles. The van der Waals surface area contributed by atoms with Crippen molar-refractivity contribution in [2.75, 3.05) is 27.9 Å². The van der Waals surface area contributed by atoms with Crippen molar-refractivity contribution in [1.29, 1.82) is 0 Å². The lowest BCUT2D eigenvalue weighted by atomic mass is 9.88. The Bertz CT molecular complexity index is 5540. The quantitative estimate of drug-likeness (QED) is 0.0558. The van der Waals surface area contributed by atoms with E-state index in [0.717, 1.165) is 153 Å². The van der Waals surface area contributed by atoms with Crippen LogP contribution in [0, 0.1) is 52.1 Å². The molecule has 16 rings (SSSR count). The second kappa shape index (κ2) is 39.4. The number of benzene rings is 11. The third-order valence-corrected chi connectivity index (χ3v) is 23.2. The molecular formula is C107H106F6O5. The van der Waals surface area contributed by atoms with E-state index in [0.29, 0.717) is 24.0 Å². The molecule has 1 atom stereocenters. The standard InChI is InChI=1S/C28H30O3.C27H25F3.C27H29FO2.C25H22F2/c1-19-4-6-20(7-5-19)8-12-26-27(31-3)13-11-23-9-10-24(28(23)26)15-21-14-22(18-29)17-25(16-21)30-2;1-18-6-8-20(9-7-18)10-11-22-4-3-5-23-12-13-24(26(22)23)16-21-14-19(2)15-25(17-21)27(28,29)30;1-18-3-5-19(6-4-18)7-8-23-15-25(28)16-24-10-9-22(27(23)24)12-20-11-21(17-29)14-26(13-20)30-2;1-17-5-7-18(8-6-17)9-10-20-3-2-4-21-11-12-22(25(20)21)13-19-14-23(26)16-24(27)15-19/h4-7,10-11,13-14,16-17,29H,8-9,12,15,18H2,1-3H3;3-9,13-15,17H,10-12,16H2,1-2H3;3-6,9,11,14-16,26,29H,7-8,10,12-13,17H2,1-2H3;2-8,12,14-16H,9-11,13H2,1H3. The van der Waals surface area contributed by atoms with Crippen LogP contribution in [0.4, 0.5) is 26.3 Å². The minimum atomic E-state index is -4.32. The van der Waals surface area contributed by atoms with E-state index >= 15 is 0 Å². The van der Waals surface area contributed by atoms with E-state index in [2.05, 4.69) is 216 Å². The average Bonchev–Trinajstić information content (AvgIpc) is 1.63. The minimum absolute atomic E-state index is 0.00264. The van der Waals surface area contributed by atoms with Crippen molar-refractivity contribution in [2.45, 2.75) is 163 Å². The molecule has 11 heteroatoms. The molecule has 5 aliphatic carbocycles. The molecule has 0 fully saturated rings. The fourth-order valence-corrected chi connectivity index (χ4v) is 17.3. The molecule has 118 heavy (non-hydrogen) atoms. The van der Waals surface area contributed by atoms with Gasteiger partial charge in [-0.15, -0.1) is 0 Å². The summed E-state index contributed by atoms with van der Waals surface area (Å²) in [6, 6.07) is 69.3. The summed E-state index contributed by atoms with van der Waals surface area (Å²) in [6.07, 6.45) is 23.2. The number of ether oxygens (including phenoxy) is 3. The van der Waals surface area contributed by atoms with E-state index in [-0.39, 0.29) is 25.1 Å². The zero-order chi connectivity index (χ0) is 83.0. The molecule has 0 saturated heterocycles. The van der Waals surface area contributed by atoms with Crippen molar-refractivity contribution in [2.24, 2.45) is 0 Å². The summed E-state index contributed by atoms with van der Waals surface area (Å²) in [5.41, 5.74) is 35.9. The van der Waals surface area contributed by atoms with Gasteiger partial charge in [0, 0.05) is 18.7 Å². The third kappa shape index (κ3) is 22.2. The lowest BCUT2D eigenvalue weighted by Gasteiger charge is -2.21. The molecule has 0 spiro atoms. The third-order valence-electron chi connectivity index (χ3n) is 23.2. The molecule has 5 aliphatic rings. The summed E-state index contributed by atoms with van der Waals surface area (Å²) in [5, 5.41) is 19.2. The van der Waals surface area contributed by atoms with Crippen LogP contribution in [0.2, 0.25) is 0 Å². The van der Waals surface area contributed by atoms with E-state index < -0.39 is 23.4 Å². The van der Waals surface area contributed by atoms with Crippen molar-refractivity contribution in [1.82, 2.24) is 0 Å². The van der Waals surface area contributed by atoms with Crippen molar-refractivity contribution in [3.05, 3.63) is 422 Å². The number of aliphatic hydroxyl groups is 2. The molecule has 0 aromatic heterocycles. The fraction of sp³-hybridized carbons (Fsp3) is 0.271. The molecule has 0 heterocycles. The van der Waals surface area contributed by atoms with Crippen molar-refractivity contribution in [3.8, 4) is 11.5 Å². The lowest BCUT2D eigenvalue weighted by molar-refractivity contribution is -0.137. The van der Waals surface area contributed by atoms with E-state index in [4.69, 9.17) is 14.2 Å². The Kier molecular flexibility index (Phi) is 28.4. The first kappa shape index (κ1) is 84.8. The van der Waals surface area contributed by atoms with Gasteiger partial charge in [0.05, 0.1) is 39.1 Å². The van der Waals surface area contributed by atoms with Crippen LogP contribution in [-0.2, 0) is 114 Å². The number of allylic oxidation sites excluding steroid dienone is 8. The molecule has 0 bridgehead atoms. The van der Waals surface area contributed by atoms with Gasteiger partial charge < -0.3 is 24.4 Å². The monoisotopic (exact) mass is 1580 g/mol. The Morgan fingerprint density at radius 1 is 0.364 bits per heavy atom. The van der Waals surface area contributed by atoms with Gasteiger partial charge >= 0.3 is 6.18 Å². The second-order valence-corrected chi connectivity index (χ2v) is 32.2. The highest BCUT2D eigenvalue weighted by Crippen LogP contribution is 2.43. The molecule has 0 saturated carbocycles. The highest BCUT2D eigenvalue weighted by molar-refractivity contribution is 5.81. The number of hydrogen-bond acceptors (Lipinski definition) is 5. The van der Waals surface area contributed by atoms with E-state index in [9.17, 15) is 36.6 Å². The fourth-order valence-electron chi connectivity index (χ4n) is 17.3. The van der Waals surface area contributed by atoms with Gasteiger partial charge in [0.1, 0.15) is 29.0 Å². The number of methoxy groups -OCH3 is 3. The topological polar surface area (TPSA) is 68.2 Å².